The summed E-state index contributed by atoms with van der Waals surface area (Å²) in [6.07, 6.45) is 0. The van der Waals surface area contributed by atoms with Crippen molar-refractivity contribution in [1.29, 1.82) is 0 Å². The highest BCUT2D eigenvalue weighted by molar-refractivity contribution is 8.00. The van der Waals surface area contributed by atoms with Crippen LogP contribution in [0.15, 0.2) is 29.2 Å². The van der Waals surface area contributed by atoms with Crippen LogP contribution in [-0.2, 0) is 0 Å². The van der Waals surface area contributed by atoms with Crippen LogP contribution in [0, 0.1) is 0 Å². The smallest absolute Gasteiger partial charge is 0.0325 e. The third kappa shape index (κ3) is 3.18. The van der Waals surface area contributed by atoms with Gasteiger partial charge in [-0.3, -0.25) is 0 Å². The summed E-state index contributed by atoms with van der Waals surface area (Å²) in [5.41, 5.74) is 6.50. The molecule has 1 rings (SSSR count). The Morgan fingerprint density at radius 1 is 1.25 bits per heavy atom. The summed E-state index contributed by atoms with van der Waals surface area (Å²) in [6, 6.07) is 8.00. The van der Waals surface area contributed by atoms with Gasteiger partial charge in [0.1, 0.15) is 0 Å². The Hall–Kier alpha value is -0.630. The predicted octanol–water partition coefficient (Wildman–Crippen LogP) is 3.16. The molecular formula is C10H15NS. The molecule has 0 amide bonds. The Morgan fingerprint density at radius 3 is 2.42 bits per heavy atom. The van der Waals surface area contributed by atoms with E-state index in [0.717, 1.165) is 5.69 Å². The van der Waals surface area contributed by atoms with Crippen molar-refractivity contribution in [3.8, 4) is 0 Å². The number of hydrogen-bond acceptors (Lipinski definition) is 2. The van der Waals surface area contributed by atoms with E-state index in [-0.39, 0.29) is 4.75 Å². The lowest BCUT2D eigenvalue weighted by molar-refractivity contribution is 0.803. The van der Waals surface area contributed by atoms with Crippen LogP contribution < -0.4 is 5.73 Å². The number of anilines is 1. The fourth-order valence-corrected chi connectivity index (χ4v) is 1.98. The molecule has 0 bridgehead atoms. The van der Waals surface area contributed by atoms with Gasteiger partial charge in [-0.15, -0.1) is 11.8 Å². The van der Waals surface area contributed by atoms with Gasteiger partial charge in [0.25, 0.3) is 0 Å². The van der Waals surface area contributed by atoms with E-state index < -0.39 is 0 Å². The van der Waals surface area contributed by atoms with Crippen LogP contribution >= 0.6 is 11.8 Å². The third-order valence-corrected chi connectivity index (χ3v) is 2.38. The Labute approximate surface area is 78.4 Å². The zero-order valence-corrected chi connectivity index (χ0v) is 8.61. The SMILES string of the molecule is CC(C)(C)Sc1cccc(N)c1. The fourth-order valence-electron chi connectivity index (χ4n) is 0.932. The van der Waals surface area contributed by atoms with E-state index in [1.54, 1.807) is 0 Å². The monoisotopic (exact) mass is 181 g/mol. The first-order valence-electron chi connectivity index (χ1n) is 4.02. The van der Waals surface area contributed by atoms with E-state index in [0.29, 0.717) is 0 Å². The summed E-state index contributed by atoms with van der Waals surface area (Å²) >= 11 is 1.83. The van der Waals surface area contributed by atoms with Crippen LogP contribution in [0.5, 0.6) is 0 Å². The summed E-state index contributed by atoms with van der Waals surface area (Å²) in [7, 11) is 0. The maximum Gasteiger partial charge on any atom is 0.0325 e. The standard InChI is InChI=1S/C10H15NS/c1-10(2,3)12-9-6-4-5-8(11)7-9/h4-7H,11H2,1-3H3. The van der Waals surface area contributed by atoms with Crippen molar-refractivity contribution >= 4 is 17.4 Å². The summed E-state index contributed by atoms with van der Waals surface area (Å²) in [4.78, 5) is 1.24. The molecule has 0 heterocycles. The van der Waals surface area contributed by atoms with Gasteiger partial charge in [-0.05, 0) is 18.2 Å². The Kier molecular flexibility index (Phi) is 2.68. The van der Waals surface area contributed by atoms with Crippen molar-refractivity contribution in [3.05, 3.63) is 24.3 Å². The average Bonchev–Trinajstić information content (AvgIpc) is 1.82. The second-order valence-electron chi connectivity index (χ2n) is 3.79. The third-order valence-electron chi connectivity index (χ3n) is 1.28. The number of hydrogen-bond donors (Lipinski definition) is 1. The molecule has 0 aliphatic carbocycles. The molecule has 0 fully saturated rings. The van der Waals surface area contributed by atoms with Crippen molar-refractivity contribution in [2.24, 2.45) is 0 Å². The van der Waals surface area contributed by atoms with Gasteiger partial charge < -0.3 is 5.73 Å². The minimum atomic E-state index is 0.258. The Morgan fingerprint density at radius 2 is 1.92 bits per heavy atom. The molecule has 0 radical (unpaired) electrons. The summed E-state index contributed by atoms with van der Waals surface area (Å²) in [6.45, 7) is 6.59. The first kappa shape index (κ1) is 9.46. The van der Waals surface area contributed by atoms with Gasteiger partial charge in [-0.1, -0.05) is 26.8 Å². The van der Waals surface area contributed by atoms with Gasteiger partial charge in [0.15, 0.2) is 0 Å². The van der Waals surface area contributed by atoms with Crippen LogP contribution in [0.3, 0.4) is 0 Å². The second kappa shape index (κ2) is 3.40. The van der Waals surface area contributed by atoms with Crippen LogP contribution in [0.2, 0.25) is 0 Å². The summed E-state index contributed by atoms with van der Waals surface area (Å²) in [5, 5.41) is 0. The van der Waals surface area contributed by atoms with Crippen LogP contribution in [-0.4, -0.2) is 4.75 Å². The molecule has 0 aliphatic heterocycles. The van der Waals surface area contributed by atoms with Crippen molar-refractivity contribution < 1.29 is 0 Å². The largest absolute Gasteiger partial charge is 0.399 e. The van der Waals surface area contributed by atoms with Crippen LogP contribution in [0.25, 0.3) is 0 Å². The number of nitrogen functional groups attached to an aromatic ring is 1. The molecule has 12 heavy (non-hydrogen) atoms. The number of thioether (sulfide) groups is 1. The topological polar surface area (TPSA) is 26.0 Å². The molecule has 0 unspecified atom stereocenters. The molecule has 1 aromatic rings. The lowest BCUT2D eigenvalue weighted by Crippen LogP contribution is -2.06. The van der Waals surface area contributed by atoms with E-state index in [4.69, 9.17) is 5.73 Å². The molecule has 0 aromatic heterocycles. The molecule has 1 aromatic carbocycles. The molecule has 66 valence electrons. The van der Waals surface area contributed by atoms with Crippen molar-refractivity contribution in [2.45, 2.75) is 30.4 Å². The Bertz CT molecular complexity index is 263. The minimum Gasteiger partial charge on any atom is -0.399 e. The number of benzene rings is 1. The number of nitrogens with two attached hydrogens (primary N) is 1. The molecule has 0 aliphatic rings. The van der Waals surface area contributed by atoms with Crippen molar-refractivity contribution in [1.82, 2.24) is 0 Å². The Balaban J connectivity index is 2.77. The molecule has 1 nitrogen and oxygen atoms in total. The van der Waals surface area contributed by atoms with Gasteiger partial charge >= 0.3 is 0 Å². The highest BCUT2D eigenvalue weighted by Crippen LogP contribution is 2.32. The van der Waals surface area contributed by atoms with Gasteiger partial charge in [-0.2, -0.15) is 0 Å². The second-order valence-corrected chi connectivity index (χ2v) is 5.69. The lowest BCUT2D eigenvalue weighted by Gasteiger charge is -2.17. The molecule has 2 heteroatoms. The minimum absolute atomic E-state index is 0.258. The van der Waals surface area contributed by atoms with Crippen molar-refractivity contribution in [2.75, 3.05) is 5.73 Å². The highest BCUT2D eigenvalue weighted by Gasteiger charge is 2.11. The zero-order chi connectivity index (χ0) is 9.19. The summed E-state index contributed by atoms with van der Waals surface area (Å²) in [5.74, 6) is 0. The van der Waals surface area contributed by atoms with E-state index >= 15 is 0 Å². The van der Waals surface area contributed by atoms with Gasteiger partial charge in [0.2, 0.25) is 0 Å². The zero-order valence-electron chi connectivity index (χ0n) is 7.79. The average molecular weight is 181 g/mol. The lowest BCUT2D eigenvalue weighted by atomic mass is 10.3. The van der Waals surface area contributed by atoms with Crippen LogP contribution in [0.1, 0.15) is 20.8 Å². The van der Waals surface area contributed by atoms with E-state index in [1.807, 2.05) is 30.0 Å². The maximum absolute atomic E-state index is 5.66. The quantitative estimate of drug-likeness (QED) is 0.532. The predicted molar refractivity (Wildman–Crippen MR) is 56.5 cm³/mol. The van der Waals surface area contributed by atoms with E-state index in [9.17, 15) is 0 Å². The number of rotatable bonds is 1. The molecular weight excluding hydrogens is 166 g/mol. The van der Waals surface area contributed by atoms with Crippen molar-refractivity contribution in [3.63, 3.8) is 0 Å². The van der Waals surface area contributed by atoms with Gasteiger partial charge in [0, 0.05) is 15.3 Å². The molecule has 0 atom stereocenters. The first-order valence-corrected chi connectivity index (χ1v) is 4.83. The van der Waals surface area contributed by atoms with E-state index in [1.165, 1.54) is 4.90 Å². The van der Waals surface area contributed by atoms with E-state index in [2.05, 4.69) is 26.8 Å². The van der Waals surface area contributed by atoms with Crippen LogP contribution in [0.4, 0.5) is 5.69 Å². The first-order chi connectivity index (χ1) is 5.47. The van der Waals surface area contributed by atoms with Gasteiger partial charge in [0.05, 0.1) is 0 Å². The van der Waals surface area contributed by atoms with Gasteiger partial charge in [-0.25, -0.2) is 0 Å². The highest BCUT2D eigenvalue weighted by atomic mass is 32.2. The fraction of sp³-hybridized carbons (Fsp3) is 0.400. The maximum atomic E-state index is 5.66. The summed E-state index contributed by atoms with van der Waals surface area (Å²) < 4.78 is 0.258. The molecule has 0 saturated carbocycles. The normalized spacial score (nSPS) is 11.6. The molecule has 2 N–H and O–H groups in total. The molecule has 0 saturated heterocycles. The molecule has 0 spiro atoms.